The number of halogens is 8. The number of nitrogens with zero attached hydrogens (tertiary/aromatic N) is 5. The Morgan fingerprint density at radius 1 is 1.13 bits per heavy atom. The summed E-state index contributed by atoms with van der Waals surface area (Å²) in [6.07, 6.45) is -4.42. The Morgan fingerprint density at radius 2 is 1.85 bits per heavy atom. The molecule has 1 aliphatic heterocycles. The van der Waals surface area contributed by atoms with Crippen LogP contribution in [-0.2, 0) is 56.9 Å². The maximum Gasteiger partial charge on any atom is 0.435 e. The summed E-state index contributed by atoms with van der Waals surface area (Å²) in [6.45, 7) is 2.34. The molecule has 2 aliphatic carbocycles. The zero-order valence-electron chi connectivity index (χ0n) is 32.5. The summed E-state index contributed by atoms with van der Waals surface area (Å²) in [4.78, 5) is 19.1. The summed E-state index contributed by atoms with van der Waals surface area (Å²) >= 11 is 6.74. The van der Waals surface area contributed by atoms with E-state index in [0.29, 0.717) is 63.2 Å². The van der Waals surface area contributed by atoms with Crippen molar-refractivity contribution in [2.24, 2.45) is 13.0 Å². The largest absolute Gasteiger partial charge is 0.435 e. The lowest BCUT2D eigenvalue weighted by Gasteiger charge is -2.29. The van der Waals surface area contributed by atoms with E-state index in [2.05, 4.69) is 33.2 Å². The van der Waals surface area contributed by atoms with Gasteiger partial charge in [0.05, 0.1) is 34.3 Å². The fourth-order valence-electron chi connectivity index (χ4n) is 8.53. The number of alkyl halides is 5. The number of hydrogen-bond donors (Lipinski definition) is 1. The molecule has 316 valence electrons. The van der Waals surface area contributed by atoms with Gasteiger partial charge in [0.2, 0.25) is 0 Å². The van der Waals surface area contributed by atoms with Crippen LogP contribution in [0.3, 0.4) is 0 Å². The molecule has 4 heterocycles. The van der Waals surface area contributed by atoms with Gasteiger partial charge in [-0.2, -0.15) is 32.1 Å². The Hall–Kier alpha value is -4.76. The summed E-state index contributed by atoms with van der Waals surface area (Å²) in [5.41, 5.74) is -1.48. The Balaban J connectivity index is 1.28. The summed E-state index contributed by atoms with van der Waals surface area (Å²) in [6, 6.07) is 9.47. The van der Waals surface area contributed by atoms with Gasteiger partial charge in [-0.1, -0.05) is 23.6 Å². The van der Waals surface area contributed by atoms with Gasteiger partial charge in [0.1, 0.15) is 35.2 Å². The average Bonchev–Trinajstić information content (AvgIpc) is 3.68. The Labute approximate surface area is 345 Å². The van der Waals surface area contributed by atoms with Crippen molar-refractivity contribution in [2.45, 2.75) is 68.0 Å². The second-order valence-electron chi connectivity index (χ2n) is 16.1. The number of morpholine rings is 1. The van der Waals surface area contributed by atoms with E-state index in [1.807, 2.05) is 0 Å². The Morgan fingerprint density at radius 3 is 2.52 bits per heavy atom. The smallest absolute Gasteiger partial charge is 0.360 e. The van der Waals surface area contributed by atoms with Gasteiger partial charge in [-0.3, -0.25) is 18.4 Å². The number of fused-ring (bicyclic) bond motifs is 4. The molecule has 2 aromatic carbocycles. The fourth-order valence-corrected chi connectivity index (χ4v) is 9.57. The van der Waals surface area contributed by atoms with Crippen LogP contribution in [0, 0.1) is 29.4 Å². The van der Waals surface area contributed by atoms with Crippen LogP contribution >= 0.6 is 11.6 Å². The summed E-state index contributed by atoms with van der Waals surface area (Å²) in [5.74, 6) is 0.296. The molecular weight excluding hydrogens is 837 g/mol. The summed E-state index contributed by atoms with van der Waals surface area (Å²) < 4.78 is 124. The summed E-state index contributed by atoms with van der Waals surface area (Å²) in [7, 11) is -0.930. The van der Waals surface area contributed by atoms with Gasteiger partial charge >= 0.3 is 6.18 Å². The van der Waals surface area contributed by atoms with Crippen LogP contribution in [0.5, 0.6) is 0 Å². The zero-order chi connectivity index (χ0) is 43.1. The van der Waals surface area contributed by atoms with Crippen molar-refractivity contribution in [1.29, 1.82) is 0 Å². The highest BCUT2D eigenvalue weighted by Gasteiger charge is 2.68. The van der Waals surface area contributed by atoms with Crippen LogP contribution in [0.2, 0.25) is 5.02 Å². The standard InChI is InChI=1S/C42H38ClF7N6O3S/c1-40(21-51-11-12-59-40)10-9-26-5-6-28(29-7-8-32(43)35-33(20-60(3,4)58)53-55(2)37(29)35)36(52-26)23(13-22-14-24(44)17-25(45)15-22)16-27(57)19-56-39-34(38(54-56)42(48,49)50)30-18-31(30)41(39,46)47/h5-8,14-15,17,23,30-31,51H,3,11-13,16,18-21H2,1-2,4H3/t23-,30+,31-,40?,60?/m1/s1. The van der Waals surface area contributed by atoms with Gasteiger partial charge in [-0.25, -0.2) is 13.8 Å². The number of benzene rings is 2. The van der Waals surface area contributed by atoms with Crippen molar-refractivity contribution in [3.8, 4) is 23.0 Å². The lowest BCUT2D eigenvalue weighted by molar-refractivity contribution is -0.142. The molecular formula is C42H38ClF7N6O3S. The molecule has 0 bridgehead atoms. The number of Topliss-reactive ketones (excluding diaryl/α,β-unsaturated/α-hetero) is 1. The summed E-state index contributed by atoms with van der Waals surface area (Å²) in [5, 5.41) is 12.1. The van der Waals surface area contributed by atoms with Crippen molar-refractivity contribution in [3.05, 3.63) is 98.7 Å². The number of pyridine rings is 1. The van der Waals surface area contributed by atoms with E-state index in [1.54, 1.807) is 42.9 Å². The first kappa shape index (κ1) is 42.0. The minimum absolute atomic E-state index is 0.00116. The number of ketones is 1. The first-order chi connectivity index (χ1) is 28.1. The normalized spacial score (nSPS) is 22.1. The van der Waals surface area contributed by atoms with Crippen molar-refractivity contribution in [1.82, 2.24) is 29.9 Å². The number of carbonyl (C=O) groups is 1. The first-order valence-corrected chi connectivity index (χ1v) is 21.7. The number of hydrogen-bond acceptors (Lipinski definition) is 7. The molecule has 60 heavy (non-hydrogen) atoms. The molecule has 3 aliphatic rings. The molecule has 0 spiro atoms. The van der Waals surface area contributed by atoms with Crippen molar-refractivity contribution >= 4 is 43.7 Å². The van der Waals surface area contributed by atoms with E-state index in [0.717, 1.165) is 12.1 Å². The lowest BCUT2D eigenvalue weighted by atomic mass is 9.86. The van der Waals surface area contributed by atoms with Gasteiger partial charge in [-0.15, -0.1) is 0 Å². The quantitative estimate of drug-likeness (QED) is 0.0879. The Bertz CT molecular complexity index is 2730. The lowest BCUT2D eigenvalue weighted by Crippen LogP contribution is -2.46. The third-order valence-corrected chi connectivity index (χ3v) is 12.3. The van der Waals surface area contributed by atoms with Crippen molar-refractivity contribution in [3.63, 3.8) is 0 Å². The van der Waals surface area contributed by atoms with Crippen molar-refractivity contribution in [2.75, 3.05) is 26.0 Å². The van der Waals surface area contributed by atoms with Gasteiger partial charge in [0.15, 0.2) is 11.5 Å². The molecule has 0 radical (unpaired) electrons. The van der Waals surface area contributed by atoms with Gasteiger partial charge in [0.25, 0.3) is 5.92 Å². The van der Waals surface area contributed by atoms with E-state index < -0.39 is 92.3 Å². The van der Waals surface area contributed by atoms with E-state index in [-0.39, 0.29) is 35.5 Å². The second kappa shape index (κ2) is 15.0. The molecule has 3 aromatic heterocycles. The number of aromatic nitrogens is 5. The molecule has 2 unspecified atom stereocenters. The van der Waals surface area contributed by atoms with E-state index in [9.17, 15) is 31.0 Å². The maximum atomic E-state index is 15.5. The second-order valence-corrected chi connectivity index (χ2v) is 19.2. The molecule has 5 aromatic rings. The number of nitrogens with one attached hydrogen (secondary N) is 1. The topological polar surface area (TPSA) is 104 Å². The molecule has 1 N–H and O–H groups in total. The van der Waals surface area contributed by atoms with E-state index >= 15 is 8.78 Å². The average molecular weight is 875 g/mol. The van der Waals surface area contributed by atoms with Gasteiger partial charge in [-0.05, 0) is 82.9 Å². The highest BCUT2D eigenvalue weighted by atomic mass is 35.5. The predicted molar refractivity (Wildman–Crippen MR) is 212 cm³/mol. The number of aryl methyl sites for hydroxylation is 1. The van der Waals surface area contributed by atoms with E-state index in [1.165, 1.54) is 6.26 Å². The van der Waals surface area contributed by atoms with Crippen LogP contribution < -0.4 is 5.32 Å². The van der Waals surface area contributed by atoms with Gasteiger partial charge < -0.3 is 10.1 Å². The first-order valence-electron chi connectivity index (χ1n) is 19.0. The molecule has 1 saturated heterocycles. The van der Waals surface area contributed by atoms with Crippen LogP contribution in [0.25, 0.3) is 22.0 Å². The molecule has 18 heteroatoms. The van der Waals surface area contributed by atoms with Crippen LogP contribution in [0.4, 0.5) is 30.7 Å². The van der Waals surface area contributed by atoms with Crippen molar-refractivity contribution < 1.29 is 44.5 Å². The number of carbonyl (C=O) groups excluding carboxylic acids is 1. The fraction of sp³-hybridized carbons (Fsp3) is 0.405. The predicted octanol–water partition coefficient (Wildman–Crippen LogP) is 7.55. The van der Waals surface area contributed by atoms with Crippen LogP contribution in [0.15, 0.2) is 42.5 Å². The molecule has 5 atom stereocenters. The van der Waals surface area contributed by atoms with E-state index in [4.69, 9.17) is 21.3 Å². The highest BCUT2D eigenvalue weighted by Crippen LogP contribution is 2.68. The molecule has 1 saturated carbocycles. The third kappa shape index (κ3) is 8.06. The van der Waals surface area contributed by atoms with Crippen LogP contribution in [-0.4, -0.2) is 72.0 Å². The SMILES string of the molecule is C=S(C)(=O)Cc1nn(C)c2c(-c3ccc(C#CC4(C)CNCCO4)nc3[C@@H](CC(=O)Cn3nc(C(F)(F)F)c4c3C(F)(F)[C@@H]3C[C@H]43)Cc3cc(F)cc(F)c3)ccc(Cl)c12. The number of rotatable bonds is 10. The minimum atomic E-state index is -5.04. The monoisotopic (exact) mass is 874 g/mol. The van der Waals surface area contributed by atoms with Crippen LogP contribution in [0.1, 0.15) is 71.2 Å². The number of ether oxygens (including phenoxy) is 1. The molecule has 9 nitrogen and oxygen atoms in total. The Kier molecular flexibility index (Phi) is 10.5. The van der Waals surface area contributed by atoms with Gasteiger partial charge in [0, 0.05) is 72.8 Å². The highest BCUT2D eigenvalue weighted by molar-refractivity contribution is 7.98. The zero-order valence-corrected chi connectivity index (χ0v) is 34.1. The molecule has 8 rings (SSSR count). The molecule has 2 fully saturated rings. The minimum Gasteiger partial charge on any atom is -0.360 e. The maximum absolute atomic E-state index is 15.5. The molecule has 0 amide bonds. The third-order valence-electron chi connectivity index (χ3n) is 11.1.